The SMILES string of the molecule is CC(C)C(C(=O)O)n1cc(-c2ccc(N3CCOc4ncnc(N)c4C3=O)cc2)cn1. The van der Waals surface area contributed by atoms with E-state index in [-0.39, 0.29) is 35.7 Å². The number of aromatic nitrogens is 4. The van der Waals surface area contributed by atoms with Crippen molar-refractivity contribution in [1.82, 2.24) is 19.7 Å². The Morgan fingerprint density at radius 3 is 2.61 bits per heavy atom. The first-order valence-corrected chi connectivity index (χ1v) is 9.79. The van der Waals surface area contributed by atoms with Crippen LogP contribution < -0.4 is 15.4 Å². The summed E-state index contributed by atoms with van der Waals surface area (Å²) in [6.45, 7) is 4.29. The fourth-order valence-electron chi connectivity index (χ4n) is 3.59. The maximum Gasteiger partial charge on any atom is 0.328 e. The molecule has 0 radical (unpaired) electrons. The highest BCUT2D eigenvalue weighted by atomic mass is 16.5. The van der Waals surface area contributed by atoms with E-state index in [9.17, 15) is 14.7 Å². The van der Waals surface area contributed by atoms with Gasteiger partial charge in [-0.25, -0.2) is 14.8 Å². The highest BCUT2D eigenvalue weighted by Crippen LogP contribution is 2.29. The number of hydrogen-bond acceptors (Lipinski definition) is 7. The van der Waals surface area contributed by atoms with Gasteiger partial charge in [0.05, 0.1) is 12.7 Å². The normalized spacial score (nSPS) is 14.7. The van der Waals surface area contributed by atoms with Gasteiger partial charge in [-0.15, -0.1) is 0 Å². The number of carbonyl (C=O) groups excluding carboxylic acids is 1. The van der Waals surface area contributed by atoms with Crippen LogP contribution >= 0.6 is 0 Å². The summed E-state index contributed by atoms with van der Waals surface area (Å²) in [6.07, 6.45) is 4.61. The molecular weight excluding hydrogens is 400 g/mol. The first kappa shape index (κ1) is 20.3. The van der Waals surface area contributed by atoms with Crippen molar-refractivity contribution in [3.8, 4) is 17.0 Å². The number of amides is 1. The Kier molecular flexibility index (Phi) is 5.28. The Bertz CT molecular complexity index is 1130. The van der Waals surface area contributed by atoms with Crippen LogP contribution in [0.15, 0.2) is 43.0 Å². The molecule has 0 bridgehead atoms. The second kappa shape index (κ2) is 8.05. The highest BCUT2D eigenvalue weighted by molar-refractivity contribution is 6.10. The number of nitrogens with zero attached hydrogens (tertiary/aromatic N) is 5. The standard InChI is InChI=1S/C21H22N6O4/c1-12(2)17(21(29)30)27-10-14(9-25-27)13-3-5-15(6-4-13)26-7-8-31-19-16(20(26)28)18(22)23-11-24-19/h3-6,9-12,17H,7-8H2,1-2H3,(H,29,30)(H2,22,23,24). The average Bonchev–Trinajstić information content (AvgIpc) is 3.13. The Labute approximate surface area is 178 Å². The summed E-state index contributed by atoms with van der Waals surface area (Å²) in [5.41, 5.74) is 8.34. The van der Waals surface area contributed by atoms with Gasteiger partial charge in [0.15, 0.2) is 6.04 Å². The molecule has 2 aromatic heterocycles. The van der Waals surface area contributed by atoms with Crippen LogP contribution in [-0.2, 0) is 4.79 Å². The minimum Gasteiger partial charge on any atom is -0.480 e. The third-order valence-electron chi connectivity index (χ3n) is 5.14. The predicted molar refractivity (Wildman–Crippen MR) is 113 cm³/mol. The summed E-state index contributed by atoms with van der Waals surface area (Å²) in [6, 6.07) is 6.59. The van der Waals surface area contributed by atoms with E-state index >= 15 is 0 Å². The molecule has 0 saturated heterocycles. The molecule has 0 saturated carbocycles. The number of nitrogens with two attached hydrogens (primary N) is 1. The van der Waals surface area contributed by atoms with E-state index in [0.717, 1.165) is 11.1 Å². The van der Waals surface area contributed by atoms with E-state index in [1.165, 1.54) is 11.0 Å². The number of ether oxygens (including phenoxy) is 1. The van der Waals surface area contributed by atoms with Gasteiger partial charge in [0.1, 0.15) is 24.3 Å². The summed E-state index contributed by atoms with van der Waals surface area (Å²) in [5, 5.41) is 13.7. The lowest BCUT2D eigenvalue weighted by Gasteiger charge is -2.20. The van der Waals surface area contributed by atoms with Crippen molar-refractivity contribution in [2.75, 3.05) is 23.8 Å². The molecular formula is C21H22N6O4. The van der Waals surface area contributed by atoms with Gasteiger partial charge in [-0.3, -0.25) is 9.48 Å². The van der Waals surface area contributed by atoms with E-state index in [2.05, 4.69) is 15.1 Å². The molecule has 1 aliphatic heterocycles. The van der Waals surface area contributed by atoms with E-state index in [1.807, 2.05) is 38.1 Å². The molecule has 31 heavy (non-hydrogen) atoms. The molecule has 1 amide bonds. The number of carboxylic acids is 1. The Balaban J connectivity index is 1.60. The fraction of sp³-hybridized carbons (Fsp3) is 0.286. The lowest BCUT2D eigenvalue weighted by molar-refractivity contribution is -0.142. The maximum absolute atomic E-state index is 13.0. The molecule has 0 spiro atoms. The van der Waals surface area contributed by atoms with Gasteiger partial charge in [0.25, 0.3) is 5.91 Å². The predicted octanol–water partition coefficient (Wildman–Crippen LogP) is 2.24. The molecule has 160 valence electrons. The van der Waals surface area contributed by atoms with Crippen molar-refractivity contribution in [2.24, 2.45) is 5.92 Å². The van der Waals surface area contributed by atoms with Crippen LogP contribution in [0.3, 0.4) is 0 Å². The van der Waals surface area contributed by atoms with Crippen LogP contribution in [0.2, 0.25) is 0 Å². The molecule has 1 unspecified atom stereocenters. The molecule has 10 heteroatoms. The van der Waals surface area contributed by atoms with E-state index < -0.39 is 12.0 Å². The Morgan fingerprint density at radius 1 is 1.19 bits per heavy atom. The third kappa shape index (κ3) is 3.79. The summed E-state index contributed by atoms with van der Waals surface area (Å²) in [7, 11) is 0. The second-order valence-electron chi connectivity index (χ2n) is 7.53. The highest BCUT2D eigenvalue weighted by Gasteiger charge is 2.29. The van der Waals surface area contributed by atoms with Crippen molar-refractivity contribution < 1.29 is 19.4 Å². The summed E-state index contributed by atoms with van der Waals surface area (Å²) in [4.78, 5) is 34.1. The largest absolute Gasteiger partial charge is 0.480 e. The molecule has 1 atom stereocenters. The van der Waals surface area contributed by atoms with Crippen LogP contribution in [0, 0.1) is 5.92 Å². The molecule has 3 aromatic rings. The summed E-state index contributed by atoms with van der Waals surface area (Å²) >= 11 is 0. The number of nitrogen functional groups attached to an aromatic ring is 1. The van der Waals surface area contributed by atoms with Gasteiger partial charge < -0.3 is 20.5 Å². The van der Waals surface area contributed by atoms with Crippen LogP contribution in [0.25, 0.3) is 11.1 Å². The number of aliphatic carboxylic acids is 1. The van der Waals surface area contributed by atoms with E-state index in [4.69, 9.17) is 10.5 Å². The quantitative estimate of drug-likeness (QED) is 0.639. The molecule has 10 nitrogen and oxygen atoms in total. The molecule has 3 heterocycles. The van der Waals surface area contributed by atoms with Crippen LogP contribution in [0.5, 0.6) is 5.88 Å². The van der Waals surface area contributed by atoms with Gasteiger partial charge in [0, 0.05) is 17.4 Å². The lowest BCUT2D eigenvalue weighted by Crippen LogP contribution is -2.32. The minimum absolute atomic E-state index is 0.0732. The molecule has 0 aliphatic carbocycles. The number of fused-ring (bicyclic) bond motifs is 1. The molecule has 4 rings (SSSR count). The van der Waals surface area contributed by atoms with Crippen LogP contribution in [0.4, 0.5) is 11.5 Å². The minimum atomic E-state index is -0.926. The monoisotopic (exact) mass is 422 g/mol. The van der Waals surface area contributed by atoms with Gasteiger partial charge in [-0.05, 0) is 23.6 Å². The van der Waals surface area contributed by atoms with E-state index in [1.54, 1.807) is 17.3 Å². The van der Waals surface area contributed by atoms with Gasteiger partial charge in [-0.2, -0.15) is 5.10 Å². The molecule has 0 fully saturated rings. The topological polar surface area (TPSA) is 136 Å². The van der Waals surface area contributed by atoms with Crippen LogP contribution in [-0.4, -0.2) is 49.9 Å². The van der Waals surface area contributed by atoms with Crippen LogP contribution in [0.1, 0.15) is 30.2 Å². The first-order chi connectivity index (χ1) is 14.9. The van der Waals surface area contributed by atoms with Crippen molar-refractivity contribution in [1.29, 1.82) is 0 Å². The lowest BCUT2D eigenvalue weighted by atomic mass is 10.0. The smallest absolute Gasteiger partial charge is 0.328 e. The van der Waals surface area contributed by atoms with Crippen molar-refractivity contribution in [3.63, 3.8) is 0 Å². The van der Waals surface area contributed by atoms with Gasteiger partial charge in [-0.1, -0.05) is 26.0 Å². The molecule has 1 aromatic carbocycles. The number of benzene rings is 1. The second-order valence-corrected chi connectivity index (χ2v) is 7.53. The third-order valence-corrected chi connectivity index (χ3v) is 5.14. The van der Waals surface area contributed by atoms with Crippen molar-refractivity contribution in [2.45, 2.75) is 19.9 Å². The van der Waals surface area contributed by atoms with Crippen molar-refractivity contribution in [3.05, 3.63) is 48.5 Å². The number of carbonyl (C=O) groups is 2. The number of carboxylic acid groups (broad SMARTS) is 1. The zero-order chi connectivity index (χ0) is 22.1. The van der Waals surface area contributed by atoms with Gasteiger partial charge in [0.2, 0.25) is 5.88 Å². The fourth-order valence-corrected chi connectivity index (χ4v) is 3.59. The molecule has 3 N–H and O–H groups in total. The Hall–Kier alpha value is -3.95. The maximum atomic E-state index is 13.0. The summed E-state index contributed by atoms with van der Waals surface area (Å²) in [5.74, 6) is -1.10. The molecule has 1 aliphatic rings. The number of hydrogen-bond donors (Lipinski definition) is 2. The zero-order valence-corrected chi connectivity index (χ0v) is 17.1. The van der Waals surface area contributed by atoms with Crippen molar-refractivity contribution >= 4 is 23.4 Å². The van der Waals surface area contributed by atoms with E-state index in [0.29, 0.717) is 12.2 Å². The van der Waals surface area contributed by atoms with Gasteiger partial charge >= 0.3 is 5.97 Å². The Morgan fingerprint density at radius 2 is 1.94 bits per heavy atom. The summed E-state index contributed by atoms with van der Waals surface area (Å²) < 4.78 is 7.02. The number of anilines is 2. The number of rotatable bonds is 5. The zero-order valence-electron chi connectivity index (χ0n) is 17.1. The average molecular weight is 422 g/mol. The first-order valence-electron chi connectivity index (χ1n) is 9.79.